The Morgan fingerprint density at radius 3 is 1.28 bits per heavy atom. The number of para-hydroxylation sites is 2. The molecular formula is C135H102N8O2Pt3. The van der Waals surface area contributed by atoms with Gasteiger partial charge in [-0.15, -0.1) is 177 Å². The molecule has 0 saturated carbocycles. The van der Waals surface area contributed by atoms with Gasteiger partial charge >= 0.3 is 63.2 Å². The van der Waals surface area contributed by atoms with Crippen LogP contribution in [0.4, 0.5) is 0 Å². The molecule has 148 heavy (non-hydrogen) atoms. The fraction of sp³-hybridized carbons (Fsp3) is 0.156. The van der Waals surface area contributed by atoms with Crippen LogP contribution in [0.1, 0.15) is 168 Å². The summed E-state index contributed by atoms with van der Waals surface area (Å²) >= 11 is 0. The number of ether oxygens (including phenoxy) is 2. The van der Waals surface area contributed by atoms with Gasteiger partial charge in [-0.05, 0) is 278 Å². The van der Waals surface area contributed by atoms with Crippen molar-refractivity contribution < 1.29 is 72.7 Å². The zero-order valence-electron chi connectivity index (χ0n) is 82.6. The first kappa shape index (κ1) is 96.7. The van der Waals surface area contributed by atoms with Crippen LogP contribution in [0.5, 0.6) is 23.3 Å². The molecule has 0 atom stereocenters. The molecule has 38 rings (SSSR count). The quantitative estimate of drug-likeness (QED) is 0.138. The third-order valence-electron chi connectivity index (χ3n) is 30.9. The average molecular weight is 2450 g/mol. The minimum atomic E-state index is -0.373. The number of aryl methyl sites for hydroxylation is 8. The number of hydrogen-bond donors (Lipinski definition) is 0. The van der Waals surface area contributed by atoms with Crippen molar-refractivity contribution in [3.05, 3.63) is 534 Å². The zero-order chi connectivity index (χ0) is 96.8. The summed E-state index contributed by atoms with van der Waals surface area (Å²) in [6.45, 7) is 9.22. The summed E-state index contributed by atoms with van der Waals surface area (Å²) in [7, 11) is 0. The molecule has 16 aliphatic rings. The van der Waals surface area contributed by atoms with Gasteiger partial charge in [0.25, 0.3) is 0 Å². The molecular weight excluding hydrogens is 2350 g/mol. The van der Waals surface area contributed by atoms with E-state index in [1.807, 2.05) is 60.9 Å². The molecule has 14 aromatic carbocycles. The largest absolute Gasteiger partial charge is 2.00 e. The molecule has 13 aliphatic heterocycles. The van der Waals surface area contributed by atoms with Gasteiger partial charge in [0.05, 0.1) is 0 Å². The second kappa shape index (κ2) is 40.8. The number of hydrogen-bond acceptors (Lipinski definition) is 8. The van der Waals surface area contributed by atoms with Crippen molar-refractivity contribution >= 4 is 43.6 Å². The number of aromatic nitrogens is 8. The molecule has 10 nitrogen and oxygen atoms in total. The summed E-state index contributed by atoms with van der Waals surface area (Å²) in [5.41, 5.74) is 46.5. The maximum Gasteiger partial charge on any atom is 2.00 e. The van der Waals surface area contributed by atoms with Gasteiger partial charge in [0.2, 0.25) is 11.8 Å². The van der Waals surface area contributed by atoms with Gasteiger partial charge in [-0.3, -0.25) is 9.97 Å². The fourth-order valence-electron chi connectivity index (χ4n) is 23.5. The van der Waals surface area contributed by atoms with E-state index in [1.165, 1.54) is 134 Å². The second-order valence-corrected chi connectivity index (χ2v) is 40.7. The van der Waals surface area contributed by atoms with Gasteiger partial charge in [0.1, 0.15) is 11.6 Å². The van der Waals surface area contributed by atoms with Crippen LogP contribution in [0.25, 0.3) is 111 Å². The van der Waals surface area contributed by atoms with E-state index >= 15 is 0 Å². The molecule has 22 aromatic rings. The SMILES string of the molecule is CC1(C)c2c3cccc2-c2cccc(c21)Cc1ccnc(c1)-n1c2[c-]c(ccc2c2ccccc21)Oc1[c-]c2c(cc1)c1ccccc1n2-c1ccc(cn1)CC3.CC1(C)c2cccc(n2)-c2[c-]cc(cc2)CCCc2cccc3c2Cc2ccc(cc2C3)Cc2c[c-]c(cc2)-c2cccc1n2.[Pt+2].[Pt+2].[Pt+2].[c-]1cc2ccc1-c1cccc(n1)Oc1cccc(n1)-c1[c-]cc(cc1)CCc1cccc3c1Cc1c(cccc1C3)CC2. The van der Waals surface area contributed by atoms with E-state index in [9.17, 15) is 0 Å². The molecule has 0 N–H and O–H groups in total. The Morgan fingerprint density at radius 1 is 0.277 bits per heavy atom. The normalized spacial score (nSPS) is 14.0. The topological polar surface area (TPSA) is 106 Å². The summed E-state index contributed by atoms with van der Waals surface area (Å²) in [5, 5.41) is 4.49. The average Bonchev–Trinajstić information content (AvgIpc) is 1.56. The minimum absolute atomic E-state index is 0. The van der Waals surface area contributed by atoms with Crippen LogP contribution in [-0.2, 0) is 164 Å². The first-order valence-corrected chi connectivity index (χ1v) is 51.0. The van der Waals surface area contributed by atoms with E-state index < -0.39 is 0 Å². The summed E-state index contributed by atoms with van der Waals surface area (Å²) in [5.74, 6) is 3.94. The fourth-order valence-corrected chi connectivity index (χ4v) is 23.5. The first-order valence-electron chi connectivity index (χ1n) is 51.0. The Kier molecular flexibility index (Phi) is 26.7. The van der Waals surface area contributed by atoms with Crippen LogP contribution >= 0.6 is 0 Å². The molecule has 0 spiro atoms. The number of rotatable bonds is 0. The third kappa shape index (κ3) is 18.7. The van der Waals surface area contributed by atoms with Gasteiger partial charge in [-0.25, -0.2) is 9.97 Å². The molecule has 0 unspecified atom stereocenters. The first-order chi connectivity index (χ1) is 71.2. The molecule has 0 amide bonds. The van der Waals surface area contributed by atoms with Crippen molar-refractivity contribution in [1.29, 1.82) is 0 Å². The van der Waals surface area contributed by atoms with E-state index in [2.05, 4.69) is 377 Å². The standard InChI is InChI=1S/C52H36N4O.C43H36N2.C40H30N2O.3Pt/c1-52(2)50-34-9-7-13-42(50)43-14-8-10-35(51(43)52)27-33-25-26-53-49(28-33)56-45-16-6-4-12-39(45)41-23-21-37(30-47(41)56)57-36-20-22-40-38-11-3-5-15-44(38)55(46(40)29-36)48-24-18-32(17-19-34)31-54-48;1-43(2)41-13-5-11-39(44-41)33-20-15-29(16-21-33)7-3-8-32-9-4-10-36-27-37-26-31(19-24-35(37)28-38(32)36)25-30-17-22-34(23-18-30)40-12-6-14-42(43)45-40;1-5-29-19-13-27-15-21-31(22-16-27)37-9-3-11-39(41-37)43-40-12-4-10-38(42-40)32-23-17-28(18-24-32)14-20-30-6-2-8-34-25-33(7-1)35(29)26-36(30)34;;;/h3-16,18,20-26,28,31H,17,19,27H2,1-2H3;4-6,9-20,22,24,26H,3,7-8,25,27-28H2,1-2H3;1-12,15-18,21,23H,13-14,19-20,25-26H2;;;/q3*-2;3*+2. The summed E-state index contributed by atoms with van der Waals surface area (Å²) in [6.07, 6.45) is 18.9. The Balaban J connectivity index is 0.000000122. The molecule has 3 aliphatic carbocycles. The number of fused-ring (bicyclic) bond motifs is 8. The third-order valence-corrected chi connectivity index (χ3v) is 30.9. The zero-order valence-corrected chi connectivity index (χ0v) is 89.4. The molecule has 724 valence electrons. The van der Waals surface area contributed by atoms with Crippen molar-refractivity contribution in [3.63, 3.8) is 0 Å². The predicted molar refractivity (Wildman–Crippen MR) is 582 cm³/mol. The van der Waals surface area contributed by atoms with Gasteiger partial charge in [0.15, 0.2) is 0 Å². The van der Waals surface area contributed by atoms with Crippen molar-refractivity contribution in [2.24, 2.45) is 0 Å². The molecule has 34 bridgehead atoms. The maximum absolute atomic E-state index is 6.63. The van der Waals surface area contributed by atoms with Crippen LogP contribution in [0.3, 0.4) is 0 Å². The second-order valence-electron chi connectivity index (χ2n) is 40.7. The van der Waals surface area contributed by atoms with Crippen LogP contribution in [0.2, 0.25) is 0 Å². The molecule has 0 fully saturated rings. The molecule has 8 aromatic heterocycles. The van der Waals surface area contributed by atoms with Gasteiger partial charge in [-0.2, -0.15) is 12.1 Å². The Bertz CT molecular complexity index is 8710. The van der Waals surface area contributed by atoms with Crippen LogP contribution < -0.4 is 9.47 Å². The van der Waals surface area contributed by atoms with Crippen molar-refractivity contribution in [1.82, 2.24) is 39.0 Å². The Hall–Kier alpha value is -14.8. The van der Waals surface area contributed by atoms with Crippen molar-refractivity contribution in [3.8, 4) is 91.1 Å². The summed E-state index contributed by atoms with van der Waals surface area (Å²) in [6, 6.07) is 147. The molecule has 21 heterocycles. The van der Waals surface area contributed by atoms with Gasteiger partial charge in [-0.1, -0.05) is 256 Å². The Morgan fingerprint density at radius 2 is 0.723 bits per heavy atom. The minimum Gasteiger partial charge on any atom is -0.509 e. The van der Waals surface area contributed by atoms with Crippen LogP contribution in [0, 0.1) is 36.4 Å². The summed E-state index contributed by atoms with van der Waals surface area (Å²) < 4.78 is 17.2. The monoisotopic (exact) mass is 2450 g/mol. The van der Waals surface area contributed by atoms with E-state index in [-0.39, 0.29) is 74.0 Å². The van der Waals surface area contributed by atoms with Crippen LogP contribution in [-0.4, -0.2) is 39.0 Å². The van der Waals surface area contributed by atoms with E-state index in [0.29, 0.717) is 23.3 Å². The number of pyridine rings is 6. The van der Waals surface area contributed by atoms with E-state index in [1.54, 1.807) is 0 Å². The van der Waals surface area contributed by atoms with Crippen LogP contribution in [0.15, 0.2) is 364 Å². The van der Waals surface area contributed by atoms with E-state index in [4.69, 9.17) is 39.4 Å². The maximum atomic E-state index is 6.63. The van der Waals surface area contributed by atoms with Crippen molar-refractivity contribution in [2.45, 2.75) is 135 Å². The summed E-state index contributed by atoms with van der Waals surface area (Å²) in [4.78, 5) is 29.8. The van der Waals surface area contributed by atoms with Gasteiger partial charge < -0.3 is 28.6 Å². The smallest absolute Gasteiger partial charge is 0.509 e. The molecule has 0 saturated heterocycles. The predicted octanol–water partition coefficient (Wildman–Crippen LogP) is 29.9. The molecule has 13 heteroatoms. The number of nitrogens with zero attached hydrogens (tertiary/aromatic N) is 8. The number of benzene rings is 14. The Labute approximate surface area is 907 Å². The van der Waals surface area contributed by atoms with E-state index in [0.717, 1.165) is 208 Å². The molecule has 0 radical (unpaired) electrons. The van der Waals surface area contributed by atoms with Gasteiger partial charge in [0, 0.05) is 57.1 Å². The van der Waals surface area contributed by atoms with Crippen molar-refractivity contribution in [2.75, 3.05) is 0 Å².